The number of ether oxygens (including phenoxy) is 2. The summed E-state index contributed by atoms with van der Waals surface area (Å²) in [6.45, 7) is -0.530. The van der Waals surface area contributed by atoms with Crippen LogP contribution >= 0.6 is 11.8 Å². The minimum Gasteiger partial charge on any atom is -0.481 e. The van der Waals surface area contributed by atoms with Gasteiger partial charge < -0.3 is 24.8 Å². The molecule has 2 heterocycles. The average molecular weight is 380 g/mol. The molecule has 2 aliphatic rings. The fourth-order valence-electron chi connectivity index (χ4n) is 2.81. The molecule has 26 heavy (non-hydrogen) atoms. The van der Waals surface area contributed by atoms with Crippen molar-refractivity contribution in [3.8, 4) is 5.75 Å². The van der Waals surface area contributed by atoms with E-state index in [1.807, 2.05) is 0 Å². The van der Waals surface area contributed by atoms with Crippen LogP contribution < -0.4 is 10.1 Å². The van der Waals surface area contributed by atoms with Gasteiger partial charge in [-0.1, -0.05) is 18.2 Å². The Balaban J connectivity index is 1.61. The highest BCUT2D eigenvalue weighted by Gasteiger charge is 2.57. The first kappa shape index (κ1) is 18.1. The maximum Gasteiger partial charge on any atom is 0.513 e. The van der Waals surface area contributed by atoms with E-state index in [0.717, 1.165) is 0 Å². The summed E-state index contributed by atoms with van der Waals surface area (Å²) >= 11 is 1.23. The van der Waals surface area contributed by atoms with Crippen LogP contribution in [0.25, 0.3) is 0 Å². The number of carbonyl (C=O) groups is 4. The summed E-state index contributed by atoms with van der Waals surface area (Å²) in [5.41, 5.74) is -1.43. The zero-order valence-electron chi connectivity index (χ0n) is 13.5. The molecule has 2 N–H and O–H groups in total. The maximum absolute atomic E-state index is 12.0. The van der Waals surface area contributed by atoms with Gasteiger partial charge in [0.05, 0.1) is 0 Å². The van der Waals surface area contributed by atoms with Gasteiger partial charge in [0.2, 0.25) is 12.3 Å². The second-order valence-electron chi connectivity index (χ2n) is 5.97. The van der Waals surface area contributed by atoms with E-state index in [0.29, 0.717) is 6.41 Å². The van der Waals surface area contributed by atoms with Crippen LogP contribution in [0.5, 0.6) is 5.75 Å². The molecule has 3 rings (SSSR count). The van der Waals surface area contributed by atoms with E-state index >= 15 is 0 Å². The monoisotopic (exact) mass is 380 g/mol. The van der Waals surface area contributed by atoms with Gasteiger partial charge in [0.25, 0.3) is 0 Å². The summed E-state index contributed by atoms with van der Waals surface area (Å²) in [6.07, 6.45) is -0.568. The van der Waals surface area contributed by atoms with Crippen LogP contribution in [-0.2, 0) is 19.1 Å². The quantitative estimate of drug-likeness (QED) is 0.313. The van der Waals surface area contributed by atoms with Gasteiger partial charge in [0.1, 0.15) is 29.2 Å². The van der Waals surface area contributed by atoms with Gasteiger partial charge in [0.15, 0.2) is 0 Å². The lowest BCUT2D eigenvalue weighted by molar-refractivity contribution is -0.160. The first-order chi connectivity index (χ1) is 12.5. The lowest BCUT2D eigenvalue weighted by atomic mass is 9.88. The van der Waals surface area contributed by atoms with E-state index in [9.17, 15) is 24.3 Å². The lowest BCUT2D eigenvalue weighted by Gasteiger charge is -2.53. The zero-order valence-corrected chi connectivity index (χ0v) is 14.3. The topological polar surface area (TPSA) is 122 Å². The SMILES string of the molecule is O=CNC1C(=O)N2CC(COC(=O)Oc3ccccc3)(C(=O)O)CS[C@H]12. The van der Waals surface area contributed by atoms with Gasteiger partial charge in [-0.3, -0.25) is 14.4 Å². The number of nitrogens with one attached hydrogen (secondary N) is 1. The molecule has 0 spiro atoms. The highest BCUT2D eigenvalue weighted by Crippen LogP contribution is 2.42. The Hall–Kier alpha value is -2.75. The molecular weight excluding hydrogens is 364 g/mol. The van der Waals surface area contributed by atoms with Crippen molar-refractivity contribution < 1.29 is 33.8 Å². The second-order valence-corrected chi connectivity index (χ2v) is 7.07. The predicted octanol–water partition coefficient (Wildman–Crippen LogP) is 0.303. The smallest absolute Gasteiger partial charge is 0.481 e. The number of nitrogens with zero attached hydrogens (tertiary/aromatic N) is 1. The van der Waals surface area contributed by atoms with Gasteiger partial charge in [-0.25, -0.2) is 4.79 Å². The third-order valence-electron chi connectivity index (χ3n) is 4.26. The molecule has 10 heteroatoms. The van der Waals surface area contributed by atoms with Crippen molar-refractivity contribution in [2.24, 2.45) is 5.41 Å². The van der Waals surface area contributed by atoms with Crippen molar-refractivity contribution in [3.63, 3.8) is 0 Å². The van der Waals surface area contributed by atoms with Crippen molar-refractivity contribution in [1.29, 1.82) is 0 Å². The summed E-state index contributed by atoms with van der Waals surface area (Å²) in [7, 11) is 0. The number of carbonyl (C=O) groups excluding carboxylic acids is 3. The van der Waals surface area contributed by atoms with E-state index in [1.165, 1.54) is 16.7 Å². The van der Waals surface area contributed by atoms with Crippen molar-refractivity contribution in [1.82, 2.24) is 10.2 Å². The molecule has 0 aliphatic carbocycles. The number of benzene rings is 1. The minimum atomic E-state index is -1.43. The number of hydrogen-bond acceptors (Lipinski definition) is 7. The van der Waals surface area contributed by atoms with E-state index in [1.54, 1.807) is 30.3 Å². The van der Waals surface area contributed by atoms with Crippen molar-refractivity contribution in [2.75, 3.05) is 18.9 Å². The van der Waals surface area contributed by atoms with Crippen molar-refractivity contribution >= 4 is 36.2 Å². The molecule has 0 bridgehead atoms. The molecule has 9 nitrogen and oxygen atoms in total. The molecule has 1 aromatic carbocycles. The molecule has 2 amide bonds. The first-order valence-electron chi connectivity index (χ1n) is 7.72. The average Bonchev–Trinajstić information content (AvgIpc) is 2.65. The Bertz CT molecular complexity index is 729. The Labute approximate surface area is 152 Å². The number of thioether (sulfide) groups is 1. The Kier molecular flexibility index (Phi) is 5.03. The summed E-state index contributed by atoms with van der Waals surface area (Å²) < 4.78 is 9.97. The number of amides is 2. The molecular formula is C16H16N2O7S. The number of aliphatic carboxylic acids is 1. The standard InChI is InChI=1S/C16H16N2O7S/c19-9-17-11-12(20)18-6-16(14(21)22,8-26-13(11)18)7-24-15(23)25-10-4-2-1-3-5-10/h1-5,9,11,13H,6-8H2,(H,17,19)(H,21,22)/t11?,13-,16?/m1/s1. The number of para-hydroxylation sites is 1. The first-order valence-corrected chi connectivity index (χ1v) is 8.76. The molecule has 0 radical (unpaired) electrons. The van der Waals surface area contributed by atoms with E-state index in [-0.39, 0.29) is 29.3 Å². The second kappa shape index (κ2) is 7.24. The highest BCUT2D eigenvalue weighted by atomic mass is 32.2. The summed E-state index contributed by atoms with van der Waals surface area (Å²) in [5.74, 6) is -1.12. The van der Waals surface area contributed by atoms with Crippen molar-refractivity contribution in [3.05, 3.63) is 30.3 Å². The van der Waals surface area contributed by atoms with Crippen LogP contribution in [0, 0.1) is 5.41 Å². The van der Waals surface area contributed by atoms with Crippen LogP contribution in [-0.4, -0.2) is 64.8 Å². The zero-order chi connectivity index (χ0) is 18.7. The number of carboxylic acid groups (broad SMARTS) is 1. The summed E-state index contributed by atoms with van der Waals surface area (Å²) in [4.78, 5) is 47.5. The number of carboxylic acids is 1. The van der Waals surface area contributed by atoms with E-state index < -0.39 is 30.2 Å². The summed E-state index contributed by atoms with van der Waals surface area (Å²) in [6, 6.07) is 7.59. The van der Waals surface area contributed by atoms with Crippen LogP contribution in [0.15, 0.2) is 30.3 Å². The molecule has 2 saturated heterocycles. The number of β-lactam (4-membered cyclic amide) rings is 1. The van der Waals surface area contributed by atoms with Crippen LogP contribution in [0.1, 0.15) is 0 Å². The van der Waals surface area contributed by atoms with Crippen molar-refractivity contribution in [2.45, 2.75) is 11.4 Å². The highest BCUT2D eigenvalue weighted by molar-refractivity contribution is 8.00. The predicted molar refractivity (Wildman–Crippen MR) is 89.4 cm³/mol. The number of fused-ring (bicyclic) bond motifs is 1. The largest absolute Gasteiger partial charge is 0.513 e. The Morgan fingerprint density at radius 2 is 2.12 bits per heavy atom. The van der Waals surface area contributed by atoms with Gasteiger partial charge in [0, 0.05) is 12.3 Å². The Morgan fingerprint density at radius 1 is 1.38 bits per heavy atom. The third-order valence-corrected chi connectivity index (χ3v) is 5.84. The van der Waals surface area contributed by atoms with Gasteiger partial charge >= 0.3 is 12.1 Å². The fourth-order valence-corrected chi connectivity index (χ4v) is 4.34. The Morgan fingerprint density at radius 3 is 2.77 bits per heavy atom. The number of rotatable bonds is 6. The van der Waals surface area contributed by atoms with Gasteiger partial charge in [-0.05, 0) is 12.1 Å². The van der Waals surface area contributed by atoms with Crippen LogP contribution in [0.2, 0.25) is 0 Å². The molecule has 0 aromatic heterocycles. The van der Waals surface area contributed by atoms with E-state index in [4.69, 9.17) is 9.47 Å². The van der Waals surface area contributed by atoms with Crippen LogP contribution in [0.4, 0.5) is 4.79 Å². The van der Waals surface area contributed by atoms with E-state index in [2.05, 4.69) is 5.32 Å². The summed E-state index contributed by atoms with van der Waals surface area (Å²) in [5, 5.41) is 11.7. The minimum absolute atomic E-state index is 0.103. The molecule has 2 unspecified atom stereocenters. The molecule has 3 atom stereocenters. The molecule has 2 aliphatic heterocycles. The molecule has 2 fully saturated rings. The third kappa shape index (κ3) is 3.32. The molecule has 0 saturated carbocycles. The van der Waals surface area contributed by atoms with Gasteiger partial charge in [-0.15, -0.1) is 11.8 Å². The maximum atomic E-state index is 12.0. The number of hydrogen-bond donors (Lipinski definition) is 2. The fraction of sp³-hybridized carbons (Fsp3) is 0.375. The normalized spacial score (nSPS) is 26.9. The van der Waals surface area contributed by atoms with Crippen LogP contribution in [0.3, 0.4) is 0 Å². The molecule has 1 aromatic rings. The van der Waals surface area contributed by atoms with Gasteiger partial charge in [-0.2, -0.15) is 0 Å². The molecule has 138 valence electrons. The lowest BCUT2D eigenvalue weighted by Crippen LogP contribution is -2.73.